The Morgan fingerprint density at radius 1 is 1.06 bits per heavy atom. The van der Waals surface area contributed by atoms with Crippen molar-refractivity contribution in [1.82, 2.24) is 10.3 Å². The molecule has 6 unspecified atom stereocenters. The molecular formula is C28H39N3O4S. The molecule has 36 heavy (non-hydrogen) atoms. The van der Waals surface area contributed by atoms with Crippen LogP contribution in [0.1, 0.15) is 81.0 Å². The Balaban J connectivity index is 1.18. The lowest BCUT2D eigenvalue weighted by Crippen LogP contribution is -2.41. The molecule has 1 saturated heterocycles. The first-order valence-corrected chi connectivity index (χ1v) is 15.0. The van der Waals surface area contributed by atoms with Gasteiger partial charge in [-0.15, -0.1) is 11.8 Å². The highest BCUT2D eigenvalue weighted by Gasteiger charge is 2.46. The molecule has 1 aromatic heterocycles. The van der Waals surface area contributed by atoms with Crippen LogP contribution in [-0.2, 0) is 9.53 Å². The summed E-state index contributed by atoms with van der Waals surface area (Å²) in [6.45, 7) is 1.15. The molecule has 8 heteroatoms. The molecule has 1 aromatic rings. The molecule has 6 rings (SSSR count). The Morgan fingerprint density at radius 2 is 1.89 bits per heavy atom. The van der Waals surface area contributed by atoms with Gasteiger partial charge in [-0.1, -0.05) is 12.8 Å². The molecule has 0 radical (unpaired) electrons. The maximum atomic E-state index is 13.7. The molecule has 0 spiro atoms. The van der Waals surface area contributed by atoms with Crippen LogP contribution < -0.4 is 10.2 Å². The summed E-state index contributed by atoms with van der Waals surface area (Å²) in [4.78, 5) is 31.7. The van der Waals surface area contributed by atoms with Crippen LogP contribution in [0.25, 0.3) is 0 Å². The number of aromatic nitrogens is 1. The van der Waals surface area contributed by atoms with E-state index in [0.29, 0.717) is 23.8 Å². The van der Waals surface area contributed by atoms with E-state index >= 15 is 0 Å². The lowest BCUT2D eigenvalue weighted by atomic mass is 9.80. The van der Waals surface area contributed by atoms with Gasteiger partial charge in [-0.2, -0.15) is 0 Å². The van der Waals surface area contributed by atoms with E-state index in [4.69, 9.17) is 14.8 Å². The fourth-order valence-electron chi connectivity index (χ4n) is 7.81. The quantitative estimate of drug-likeness (QED) is 0.519. The molecule has 6 atom stereocenters. The van der Waals surface area contributed by atoms with Crippen molar-refractivity contribution in [3.63, 3.8) is 0 Å². The number of amides is 1. The summed E-state index contributed by atoms with van der Waals surface area (Å²) in [6.07, 6.45) is 13.4. The summed E-state index contributed by atoms with van der Waals surface area (Å²) >= 11 is 1.78. The van der Waals surface area contributed by atoms with Gasteiger partial charge in [0.15, 0.2) is 0 Å². The largest absolute Gasteiger partial charge is 0.480 e. The van der Waals surface area contributed by atoms with Crippen LogP contribution in [0.15, 0.2) is 17.2 Å². The van der Waals surface area contributed by atoms with E-state index in [0.717, 1.165) is 53.5 Å². The van der Waals surface area contributed by atoms with Crippen molar-refractivity contribution in [3.05, 3.63) is 17.7 Å². The molecule has 5 fully saturated rings. The van der Waals surface area contributed by atoms with Gasteiger partial charge in [-0.25, -0.2) is 9.78 Å². The minimum Gasteiger partial charge on any atom is -0.480 e. The van der Waals surface area contributed by atoms with Gasteiger partial charge >= 0.3 is 5.97 Å². The van der Waals surface area contributed by atoms with Gasteiger partial charge < -0.3 is 20.1 Å². The number of ether oxygens (including phenoxy) is 1. The monoisotopic (exact) mass is 513 g/mol. The number of carboxylic acids is 1. The van der Waals surface area contributed by atoms with Gasteiger partial charge in [0.05, 0.1) is 11.7 Å². The fourth-order valence-corrected chi connectivity index (χ4v) is 9.13. The Bertz CT molecular complexity index is 984. The average molecular weight is 514 g/mol. The number of anilines is 1. The highest BCUT2D eigenvalue weighted by molar-refractivity contribution is 7.99. The molecule has 4 saturated carbocycles. The van der Waals surface area contributed by atoms with E-state index < -0.39 is 5.97 Å². The van der Waals surface area contributed by atoms with Crippen LogP contribution in [0.5, 0.6) is 0 Å². The zero-order chi connectivity index (χ0) is 24.6. The number of hydrogen-bond acceptors (Lipinski definition) is 6. The number of carbonyl (C=O) groups is 2. The zero-order valence-electron chi connectivity index (χ0n) is 21.1. The number of carbonyl (C=O) groups excluding carboxylic acids is 1. The van der Waals surface area contributed by atoms with Crippen LogP contribution in [0.2, 0.25) is 0 Å². The average Bonchev–Trinajstić information content (AvgIpc) is 3.59. The van der Waals surface area contributed by atoms with Crippen molar-refractivity contribution in [2.24, 2.45) is 23.7 Å². The molecule has 7 nitrogen and oxygen atoms in total. The van der Waals surface area contributed by atoms with Crippen molar-refractivity contribution < 1.29 is 19.4 Å². The first kappa shape index (κ1) is 24.5. The van der Waals surface area contributed by atoms with Crippen LogP contribution >= 0.6 is 11.8 Å². The third kappa shape index (κ3) is 5.26. The predicted molar refractivity (Wildman–Crippen MR) is 139 cm³/mol. The molecule has 5 aliphatic rings. The molecule has 1 aliphatic heterocycles. The summed E-state index contributed by atoms with van der Waals surface area (Å²) in [7, 11) is 0. The lowest BCUT2D eigenvalue weighted by Gasteiger charge is -2.27. The van der Waals surface area contributed by atoms with Crippen LogP contribution in [0.4, 0.5) is 5.82 Å². The van der Waals surface area contributed by atoms with Crippen molar-refractivity contribution in [3.8, 4) is 0 Å². The van der Waals surface area contributed by atoms with Crippen LogP contribution in [-0.4, -0.2) is 59.1 Å². The number of rotatable bonds is 8. The van der Waals surface area contributed by atoms with E-state index in [-0.39, 0.29) is 18.6 Å². The lowest BCUT2D eigenvalue weighted by molar-refractivity contribution is -0.143. The summed E-state index contributed by atoms with van der Waals surface area (Å²) in [5.74, 6) is 3.18. The number of nitrogens with one attached hydrogen (secondary N) is 1. The van der Waals surface area contributed by atoms with E-state index in [1.807, 2.05) is 12.1 Å². The standard InChI is InChI=1S/C28H39N3O4S/c32-26(33)16-35-20-9-10-31(15-20)25-8-6-22(28(30-25)36-21-3-1-2-4-21)27(34)29-24-7-5-17-11-18-13-19(12-17)23(24)14-18/h6,8,17-21,23-24H,1-5,7,9-16H2,(H,29,34)(H,32,33). The molecular weight excluding hydrogens is 474 g/mol. The molecule has 1 amide bonds. The van der Waals surface area contributed by atoms with Crippen molar-refractivity contribution in [2.45, 2.75) is 93.1 Å². The number of hydrogen-bond donors (Lipinski definition) is 2. The maximum absolute atomic E-state index is 13.7. The number of nitrogens with zero attached hydrogens (tertiary/aromatic N) is 2. The van der Waals surface area contributed by atoms with Gasteiger partial charge in [0.2, 0.25) is 0 Å². The van der Waals surface area contributed by atoms with E-state index in [2.05, 4.69) is 10.2 Å². The smallest absolute Gasteiger partial charge is 0.329 e. The summed E-state index contributed by atoms with van der Waals surface area (Å²) in [5.41, 5.74) is 0.720. The summed E-state index contributed by atoms with van der Waals surface area (Å²) < 4.78 is 5.52. The van der Waals surface area contributed by atoms with Crippen molar-refractivity contribution >= 4 is 29.5 Å². The number of aliphatic carboxylic acids is 1. The first-order chi connectivity index (χ1) is 17.5. The highest BCUT2D eigenvalue weighted by atomic mass is 32.2. The molecule has 2 heterocycles. The second-order valence-corrected chi connectivity index (χ2v) is 13.2. The van der Waals surface area contributed by atoms with Gasteiger partial charge in [-0.3, -0.25) is 4.79 Å². The Labute approximate surface area is 218 Å². The van der Waals surface area contributed by atoms with E-state index in [1.165, 1.54) is 57.8 Å². The predicted octanol–water partition coefficient (Wildman–Crippen LogP) is 4.74. The molecule has 0 aromatic carbocycles. The minimum atomic E-state index is -0.938. The summed E-state index contributed by atoms with van der Waals surface area (Å²) in [6, 6.07) is 4.24. The topological polar surface area (TPSA) is 91.8 Å². The minimum absolute atomic E-state index is 0.0462. The Morgan fingerprint density at radius 3 is 2.72 bits per heavy atom. The van der Waals surface area contributed by atoms with Crippen LogP contribution in [0.3, 0.4) is 0 Å². The van der Waals surface area contributed by atoms with E-state index in [1.54, 1.807) is 11.8 Å². The number of fused-ring (bicyclic) bond motifs is 2. The van der Waals surface area contributed by atoms with Crippen molar-refractivity contribution in [2.75, 3.05) is 24.6 Å². The van der Waals surface area contributed by atoms with Crippen LogP contribution in [0, 0.1) is 23.7 Å². The second kappa shape index (κ2) is 10.5. The second-order valence-electron chi connectivity index (χ2n) is 11.9. The maximum Gasteiger partial charge on any atom is 0.329 e. The van der Waals surface area contributed by atoms with Gasteiger partial charge in [0.25, 0.3) is 5.91 Å². The molecule has 2 N–H and O–H groups in total. The fraction of sp³-hybridized carbons (Fsp3) is 0.750. The number of pyridine rings is 1. The number of thioether (sulfide) groups is 1. The highest BCUT2D eigenvalue weighted by Crippen LogP contribution is 2.53. The normalized spacial score (nSPS) is 33.7. The third-order valence-corrected chi connectivity index (χ3v) is 10.8. The molecule has 4 aliphatic carbocycles. The van der Waals surface area contributed by atoms with E-state index in [9.17, 15) is 9.59 Å². The van der Waals surface area contributed by atoms with Gasteiger partial charge in [0, 0.05) is 24.4 Å². The summed E-state index contributed by atoms with van der Waals surface area (Å²) in [5, 5.41) is 13.8. The van der Waals surface area contributed by atoms with Crippen molar-refractivity contribution in [1.29, 1.82) is 0 Å². The molecule has 3 bridgehead atoms. The Hall–Kier alpha value is -1.80. The zero-order valence-corrected chi connectivity index (χ0v) is 21.9. The van der Waals surface area contributed by atoms with Gasteiger partial charge in [0.1, 0.15) is 17.5 Å². The Kier molecular flexibility index (Phi) is 7.17. The molecule has 196 valence electrons. The SMILES string of the molecule is O=C(O)COC1CCN(c2ccc(C(=O)NC3CCC4CC5CC(C4)C3C5)c(SC3CCCC3)n2)C1. The third-order valence-electron chi connectivity index (χ3n) is 9.45. The number of carboxylic acid groups (broad SMARTS) is 1. The van der Waals surface area contributed by atoms with Gasteiger partial charge in [-0.05, 0) is 93.6 Å². The first-order valence-electron chi connectivity index (χ1n) is 14.1.